The van der Waals surface area contributed by atoms with Crippen molar-refractivity contribution in [2.45, 2.75) is 31.7 Å². The molecule has 110 valence electrons. The average Bonchev–Trinajstić information content (AvgIpc) is 2.47. The summed E-state index contributed by atoms with van der Waals surface area (Å²) in [4.78, 5) is 18.4. The van der Waals surface area contributed by atoms with Gasteiger partial charge in [-0.3, -0.25) is 4.79 Å². The summed E-state index contributed by atoms with van der Waals surface area (Å²) >= 11 is 5.99. The molecule has 1 aliphatic rings. The SMILES string of the molecule is NNc1ncc(C(=O)N2CCCCC2CCO)cc1Cl. The number of rotatable bonds is 4. The molecule has 0 bridgehead atoms. The van der Waals surface area contributed by atoms with Gasteiger partial charge in [-0.05, 0) is 31.7 Å². The van der Waals surface area contributed by atoms with Crippen molar-refractivity contribution in [2.75, 3.05) is 18.6 Å². The number of pyridine rings is 1. The Morgan fingerprint density at radius 3 is 3.05 bits per heavy atom. The highest BCUT2D eigenvalue weighted by atomic mass is 35.5. The fourth-order valence-electron chi connectivity index (χ4n) is 2.54. The van der Waals surface area contributed by atoms with E-state index in [2.05, 4.69) is 10.4 Å². The number of nitrogens with one attached hydrogen (secondary N) is 1. The highest BCUT2D eigenvalue weighted by molar-refractivity contribution is 6.33. The van der Waals surface area contributed by atoms with E-state index < -0.39 is 0 Å². The van der Waals surface area contributed by atoms with Crippen LogP contribution in [0.15, 0.2) is 12.3 Å². The van der Waals surface area contributed by atoms with E-state index in [1.165, 1.54) is 6.20 Å². The Hall–Kier alpha value is -1.37. The second-order valence-electron chi connectivity index (χ2n) is 4.86. The Bertz CT molecular complexity index is 481. The number of hydrazine groups is 1. The van der Waals surface area contributed by atoms with Gasteiger partial charge in [0.15, 0.2) is 5.82 Å². The quantitative estimate of drug-likeness (QED) is 0.577. The van der Waals surface area contributed by atoms with Gasteiger partial charge in [0.2, 0.25) is 0 Å². The maximum Gasteiger partial charge on any atom is 0.255 e. The molecule has 0 saturated carbocycles. The molecule has 6 nitrogen and oxygen atoms in total. The largest absolute Gasteiger partial charge is 0.396 e. The van der Waals surface area contributed by atoms with Crippen LogP contribution in [0.2, 0.25) is 5.02 Å². The molecule has 1 fully saturated rings. The van der Waals surface area contributed by atoms with Crippen molar-refractivity contribution >= 4 is 23.3 Å². The van der Waals surface area contributed by atoms with E-state index >= 15 is 0 Å². The van der Waals surface area contributed by atoms with Crippen LogP contribution in [0.3, 0.4) is 0 Å². The second-order valence-corrected chi connectivity index (χ2v) is 5.27. The number of amides is 1. The van der Waals surface area contributed by atoms with Crippen LogP contribution in [0, 0.1) is 0 Å². The summed E-state index contributed by atoms with van der Waals surface area (Å²) in [7, 11) is 0. The van der Waals surface area contributed by atoms with Crippen LogP contribution in [-0.4, -0.2) is 40.1 Å². The van der Waals surface area contributed by atoms with Crippen molar-refractivity contribution in [3.8, 4) is 0 Å². The molecule has 1 saturated heterocycles. The Balaban J connectivity index is 2.18. The van der Waals surface area contributed by atoms with Gasteiger partial charge in [0.05, 0.1) is 10.6 Å². The third kappa shape index (κ3) is 3.20. The number of hydrogen-bond acceptors (Lipinski definition) is 5. The van der Waals surface area contributed by atoms with E-state index in [1.807, 2.05) is 4.90 Å². The van der Waals surface area contributed by atoms with Crippen molar-refractivity contribution in [1.29, 1.82) is 0 Å². The van der Waals surface area contributed by atoms with Crippen LogP contribution < -0.4 is 11.3 Å². The van der Waals surface area contributed by atoms with Crippen molar-refractivity contribution in [3.63, 3.8) is 0 Å². The fraction of sp³-hybridized carbons (Fsp3) is 0.538. The van der Waals surface area contributed by atoms with E-state index in [-0.39, 0.29) is 18.6 Å². The third-order valence-corrected chi connectivity index (χ3v) is 3.86. The van der Waals surface area contributed by atoms with E-state index in [0.29, 0.717) is 29.4 Å². The number of nitrogens with two attached hydrogens (primary N) is 1. The van der Waals surface area contributed by atoms with Gasteiger partial charge in [-0.15, -0.1) is 0 Å². The average molecular weight is 299 g/mol. The number of hydrogen-bond donors (Lipinski definition) is 3. The van der Waals surface area contributed by atoms with E-state index in [0.717, 1.165) is 19.3 Å². The summed E-state index contributed by atoms with van der Waals surface area (Å²) in [5.74, 6) is 5.51. The van der Waals surface area contributed by atoms with Crippen molar-refractivity contribution in [2.24, 2.45) is 5.84 Å². The number of anilines is 1. The van der Waals surface area contributed by atoms with Crippen LogP contribution in [0.4, 0.5) is 5.82 Å². The first-order valence-electron chi connectivity index (χ1n) is 6.71. The van der Waals surface area contributed by atoms with Crippen LogP contribution in [0.25, 0.3) is 0 Å². The van der Waals surface area contributed by atoms with Gasteiger partial charge in [0.1, 0.15) is 0 Å². The number of carbonyl (C=O) groups excluding carboxylic acids is 1. The summed E-state index contributed by atoms with van der Waals surface area (Å²) in [5.41, 5.74) is 2.81. The van der Waals surface area contributed by atoms with E-state index in [4.69, 9.17) is 22.6 Å². The van der Waals surface area contributed by atoms with Gasteiger partial charge >= 0.3 is 0 Å². The lowest BCUT2D eigenvalue weighted by atomic mass is 9.98. The zero-order valence-electron chi connectivity index (χ0n) is 11.2. The lowest BCUT2D eigenvalue weighted by Crippen LogP contribution is -2.44. The normalized spacial score (nSPS) is 18.9. The van der Waals surface area contributed by atoms with E-state index in [9.17, 15) is 4.79 Å². The molecule has 0 aromatic carbocycles. The molecule has 2 heterocycles. The first-order valence-corrected chi connectivity index (χ1v) is 7.09. The number of nitrogens with zero attached hydrogens (tertiary/aromatic N) is 2. The Kier molecular flexibility index (Phi) is 5.17. The lowest BCUT2D eigenvalue weighted by Gasteiger charge is -2.35. The number of piperidine rings is 1. The maximum absolute atomic E-state index is 12.5. The van der Waals surface area contributed by atoms with Gasteiger partial charge in [-0.25, -0.2) is 10.8 Å². The number of carbonyl (C=O) groups is 1. The van der Waals surface area contributed by atoms with Gasteiger partial charge in [0.25, 0.3) is 5.91 Å². The van der Waals surface area contributed by atoms with Gasteiger partial charge in [-0.1, -0.05) is 11.6 Å². The molecule has 0 radical (unpaired) electrons. The second kappa shape index (κ2) is 6.88. The zero-order valence-corrected chi connectivity index (χ0v) is 11.9. The number of nitrogen functional groups attached to an aromatic ring is 1. The molecular weight excluding hydrogens is 280 g/mol. The number of aliphatic hydroxyl groups excluding tert-OH is 1. The first-order chi connectivity index (χ1) is 9.67. The van der Waals surface area contributed by atoms with Crippen molar-refractivity contribution in [3.05, 3.63) is 22.8 Å². The number of aromatic nitrogens is 1. The molecule has 1 atom stereocenters. The highest BCUT2D eigenvalue weighted by Crippen LogP contribution is 2.24. The summed E-state index contributed by atoms with van der Waals surface area (Å²) in [6.07, 6.45) is 5.07. The summed E-state index contributed by atoms with van der Waals surface area (Å²) < 4.78 is 0. The third-order valence-electron chi connectivity index (χ3n) is 3.58. The molecule has 1 unspecified atom stereocenters. The molecule has 4 N–H and O–H groups in total. The molecule has 0 spiro atoms. The smallest absolute Gasteiger partial charge is 0.255 e. The maximum atomic E-state index is 12.5. The molecule has 0 aliphatic carbocycles. The predicted octanol–water partition coefficient (Wildman–Crippen LogP) is 1.40. The first kappa shape index (κ1) is 15.0. The van der Waals surface area contributed by atoms with Gasteiger partial charge in [-0.2, -0.15) is 0 Å². The highest BCUT2D eigenvalue weighted by Gasteiger charge is 2.27. The topological polar surface area (TPSA) is 91.5 Å². The molecule has 1 amide bonds. The van der Waals surface area contributed by atoms with Crippen molar-refractivity contribution in [1.82, 2.24) is 9.88 Å². The number of halogens is 1. The minimum absolute atomic E-state index is 0.0868. The van der Waals surface area contributed by atoms with Crippen LogP contribution in [-0.2, 0) is 0 Å². The monoisotopic (exact) mass is 298 g/mol. The van der Waals surface area contributed by atoms with Crippen LogP contribution in [0.1, 0.15) is 36.0 Å². The zero-order chi connectivity index (χ0) is 14.5. The molecule has 1 aromatic rings. The summed E-state index contributed by atoms with van der Waals surface area (Å²) in [5, 5.41) is 9.42. The lowest BCUT2D eigenvalue weighted by molar-refractivity contribution is 0.0574. The Labute approximate surface area is 122 Å². The minimum Gasteiger partial charge on any atom is -0.396 e. The minimum atomic E-state index is -0.0962. The molecule has 20 heavy (non-hydrogen) atoms. The predicted molar refractivity (Wildman–Crippen MR) is 77.4 cm³/mol. The summed E-state index contributed by atoms with van der Waals surface area (Å²) in [6.45, 7) is 0.793. The molecule has 7 heteroatoms. The van der Waals surface area contributed by atoms with Gasteiger partial charge in [0, 0.05) is 25.4 Å². The Morgan fingerprint density at radius 2 is 2.40 bits per heavy atom. The molecule has 2 rings (SSSR count). The standard InChI is InChI=1S/C13H19ClN4O2/c14-11-7-9(8-16-12(11)17-15)13(20)18-5-2-1-3-10(18)4-6-19/h7-8,10,19H,1-6,15H2,(H,16,17). The molecule has 1 aliphatic heterocycles. The molecular formula is C13H19ClN4O2. The van der Waals surface area contributed by atoms with Crippen molar-refractivity contribution < 1.29 is 9.90 Å². The number of likely N-dealkylation sites (tertiary alicyclic amines) is 1. The summed E-state index contributed by atoms with van der Waals surface area (Å²) in [6, 6.07) is 1.66. The van der Waals surface area contributed by atoms with Crippen LogP contribution in [0.5, 0.6) is 0 Å². The fourth-order valence-corrected chi connectivity index (χ4v) is 2.76. The Morgan fingerprint density at radius 1 is 1.60 bits per heavy atom. The molecule has 1 aromatic heterocycles. The van der Waals surface area contributed by atoms with Crippen LogP contribution >= 0.6 is 11.6 Å². The van der Waals surface area contributed by atoms with Gasteiger partial charge < -0.3 is 15.4 Å². The van der Waals surface area contributed by atoms with E-state index in [1.54, 1.807) is 6.07 Å². The number of aliphatic hydroxyl groups is 1.